The monoisotopic (exact) mass is 363 g/mol. The molecule has 2 aromatic carbocycles. The Bertz CT molecular complexity index is 769. The number of halogens is 1. The molecule has 0 bridgehead atoms. The SMILES string of the molecule is CCOC(=O)c1ccc(NC(=O)c2cc(OC)cc(OC)c2)cc1Cl. The third-order valence-corrected chi connectivity index (χ3v) is 3.65. The Balaban J connectivity index is 2.21. The van der Waals surface area contributed by atoms with Gasteiger partial charge in [0.1, 0.15) is 11.5 Å². The van der Waals surface area contributed by atoms with Gasteiger partial charge in [-0.15, -0.1) is 0 Å². The molecule has 0 aliphatic rings. The number of nitrogens with one attached hydrogen (secondary N) is 1. The lowest BCUT2D eigenvalue weighted by atomic mass is 10.1. The average Bonchev–Trinajstić information content (AvgIpc) is 2.61. The van der Waals surface area contributed by atoms with Crippen LogP contribution in [0.1, 0.15) is 27.6 Å². The van der Waals surface area contributed by atoms with Crippen molar-refractivity contribution in [1.82, 2.24) is 0 Å². The van der Waals surface area contributed by atoms with E-state index in [1.165, 1.54) is 26.4 Å². The first-order chi connectivity index (χ1) is 12.0. The van der Waals surface area contributed by atoms with Crippen LogP contribution in [0.4, 0.5) is 5.69 Å². The number of anilines is 1. The van der Waals surface area contributed by atoms with Gasteiger partial charge in [0, 0.05) is 17.3 Å². The minimum Gasteiger partial charge on any atom is -0.497 e. The van der Waals surface area contributed by atoms with Crippen LogP contribution in [0.2, 0.25) is 5.02 Å². The highest BCUT2D eigenvalue weighted by molar-refractivity contribution is 6.34. The second-order valence-corrected chi connectivity index (χ2v) is 5.38. The Morgan fingerprint density at radius 2 is 1.68 bits per heavy atom. The van der Waals surface area contributed by atoms with Crippen LogP contribution in [0, 0.1) is 0 Å². The van der Waals surface area contributed by atoms with Crippen molar-refractivity contribution in [1.29, 1.82) is 0 Å². The molecule has 2 rings (SSSR count). The van der Waals surface area contributed by atoms with Gasteiger partial charge in [-0.1, -0.05) is 11.6 Å². The summed E-state index contributed by atoms with van der Waals surface area (Å²) < 4.78 is 15.2. The molecule has 0 saturated heterocycles. The summed E-state index contributed by atoms with van der Waals surface area (Å²) in [6.45, 7) is 1.97. The number of hydrogen-bond donors (Lipinski definition) is 1. The molecule has 0 radical (unpaired) electrons. The number of benzene rings is 2. The Hall–Kier alpha value is -2.73. The fraction of sp³-hybridized carbons (Fsp3) is 0.222. The quantitative estimate of drug-likeness (QED) is 0.790. The summed E-state index contributed by atoms with van der Waals surface area (Å²) >= 11 is 6.09. The number of esters is 1. The molecular formula is C18H18ClNO5. The van der Waals surface area contributed by atoms with Crippen LogP contribution in [-0.2, 0) is 4.74 Å². The molecule has 0 saturated carbocycles. The van der Waals surface area contributed by atoms with Gasteiger partial charge >= 0.3 is 5.97 Å². The zero-order chi connectivity index (χ0) is 18.4. The van der Waals surface area contributed by atoms with Crippen LogP contribution in [0.15, 0.2) is 36.4 Å². The van der Waals surface area contributed by atoms with Crippen LogP contribution >= 0.6 is 11.6 Å². The van der Waals surface area contributed by atoms with Crippen molar-refractivity contribution in [2.45, 2.75) is 6.92 Å². The summed E-state index contributed by atoms with van der Waals surface area (Å²) in [5, 5.41) is 2.91. The molecule has 0 fully saturated rings. The molecule has 2 aromatic rings. The average molecular weight is 364 g/mol. The maximum atomic E-state index is 12.4. The summed E-state index contributed by atoms with van der Waals surface area (Å²) in [5.41, 5.74) is 1.05. The Kier molecular flexibility index (Phi) is 6.25. The number of methoxy groups -OCH3 is 2. The first kappa shape index (κ1) is 18.6. The molecule has 1 N–H and O–H groups in total. The molecule has 1 amide bonds. The number of ether oxygens (including phenoxy) is 3. The van der Waals surface area contributed by atoms with Crippen LogP contribution in [0.25, 0.3) is 0 Å². The fourth-order valence-electron chi connectivity index (χ4n) is 2.11. The van der Waals surface area contributed by atoms with Crippen molar-refractivity contribution in [2.24, 2.45) is 0 Å². The number of rotatable bonds is 6. The summed E-state index contributed by atoms with van der Waals surface area (Å²) in [6.07, 6.45) is 0. The van der Waals surface area contributed by atoms with Crippen LogP contribution in [0.3, 0.4) is 0 Å². The molecule has 0 spiro atoms. The third kappa shape index (κ3) is 4.64. The summed E-state index contributed by atoms with van der Waals surface area (Å²) in [5.74, 6) is 0.125. The maximum absolute atomic E-state index is 12.4. The van der Waals surface area contributed by atoms with Gasteiger partial charge in [0.25, 0.3) is 5.91 Å². The van der Waals surface area contributed by atoms with Gasteiger partial charge in [-0.2, -0.15) is 0 Å². The Labute approximate surface area is 150 Å². The minimum absolute atomic E-state index is 0.194. The van der Waals surface area contributed by atoms with E-state index in [1.54, 1.807) is 31.2 Å². The molecule has 25 heavy (non-hydrogen) atoms. The highest BCUT2D eigenvalue weighted by atomic mass is 35.5. The number of carbonyl (C=O) groups is 2. The van der Waals surface area contributed by atoms with Gasteiger partial charge < -0.3 is 19.5 Å². The Morgan fingerprint density at radius 3 is 2.20 bits per heavy atom. The van der Waals surface area contributed by atoms with Crippen LogP contribution in [0.5, 0.6) is 11.5 Å². The van der Waals surface area contributed by atoms with E-state index in [9.17, 15) is 9.59 Å². The van der Waals surface area contributed by atoms with Crippen LogP contribution < -0.4 is 14.8 Å². The second kappa shape index (κ2) is 8.39. The van der Waals surface area contributed by atoms with Crippen molar-refractivity contribution in [3.05, 3.63) is 52.5 Å². The zero-order valence-electron chi connectivity index (χ0n) is 14.1. The highest BCUT2D eigenvalue weighted by Gasteiger charge is 2.14. The van der Waals surface area contributed by atoms with Crippen LogP contribution in [-0.4, -0.2) is 32.7 Å². The number of carbonyl (C=O) groups excluding carboxylic acids is 2. The van der Waals surface area contributed by atoms with Gasteiger partial charge in [0.2, 0.25) is 0 Å². The highest BCUT2D eigenvalue weighted by Crippen LogP contribution is 2.25. The van der Waals surface area contributed by atoms with Gasteiger partial charge in [-0.25, -0.2) is 4.79 Å². The van der Waals surface area contributed by atoms with E-state index in [-0.39, 0.29) is 23.1 Å². The molecule has 7 heteroatoms. The molecule has 132 valence electrons. The van der Waals surface area contributed by atoms with Crippen molar-refractivity contribution in [3.63, 3.8) is 0 Å². The van der Waals surface area contributed by atoms with Crippen molar-refractivity contribution < 1.29 is 23.8 Å². The van der Waals surface area contributed by atoms with E-state index >= 15 is 0 Å². The van der Waals surface area contributed by atoms with E-state index < -0.39 is 5.97 Å². The molecule has 0 unspecified atom stereocenters. The van der Waals surface area contributed by atoms with Crippen molar-refractivity contribution in [2.75, 3.05) is 26.1 Å². The molecule has 0 aliphatic heterocycles. The predicted octanol–water partition coefficient (Wildman–Crippen LogP) is 3.79. The molecule has 0 aromatic heterocycles. The van der Waals surface area contributed by atoms with Crippen molar-refractivity contribution in [3.8, 4) is 11.5 Å². The van der Waals surface area contributed by atoms with Gasteiger partial charge in [-0.05, 0) is 37.3 Å². The van der Waals surface area contributed by atoms with E-state index in [1.807, 2.05) is 0 Å². The molecule has 0 atom stereocenters. The molecule has 6 nitrogen and oxygen atoms in total. The lowest BCUT2D eigenvalue weighted by Gasteiger charge is -2.10. The second-order valence-electron chi connectivity index (χ2n) is 4.97. The Morgan fingerprint density at radius 1 is 1.04 bits per heavy atom. The van der Waals surface area contributed by atoms with E-state index in [2.05, 4.69) is 5.32 Å². The van der Waals surface area contributed by atoms with Gasteiger partial charge in [-0.3, -0.25) is 4.79 Å². The van der Waals surface area contributed by atoms with E-state index in [4.69, 9.17) is 25.8 Å². The largest absolute Gasteiger partial charge is 0.497 e. The third-order valence-electron chi connectivity index (χ3n) is 3.34. The maximum Gasteiger partial charge on any atom is 0.339 e. The van der Waals surface area contributed by atoms with E-state index in [0.717, 1.165) is 0 Å². The lowest BCUT2D eigenvalue weighted by Crippen LogP contribution is -2.13. The first-order valence-electron chi connectivity index (χ1n) is 7.49. The summed E-state index contributed by atoms with van der Waals surface area (Å²) in [4.78, 5) is 24.2. The van der Waals surface area contributed by atoms with Gasteiger partial charge in [0.05, 0.1) is 31.4 Å². The minimum atomic E-state index is -0.511. The lowest BCUT2D eigenvalue weighted by molar-refractivity contribution is 0.0526. The molecule has 0 aliphatic carbocycles. The smallest absolute Gasteiger partial charge is 0.339 e. The first-order valence-corrected chi connectivity index (χ1v) is 7.87. The number of hydrogen-bond acceptors (Lipinski definition) is 5. The van der Waals surface area contributed by atoms with Gasteiger partial charge in [0.15, 0.2) is 0 Å². The molecule has 0 heterocycles. The summed E-state index contributed by atoms with van der Waals surface area (Å²) in [6, 6.07) is 9.42. The normalized spacial score (nSPS) is 10.1. The topological polar surface area (TPSA) is 73.9 Å². The zero-order valence-corrected chi connectivity index (χ0v) is 14.8. The standard InChI is InChI=1S/C18H18ClNO5/c1-4-25-18(22)15-6-5-12(9-16(15)19)20-17(21)11-7-13(23-2)10-14(8-11)24-3/h5-10H,4H2,1-3H3,(H,20,21). The van der Waals surface area contributed by atoms with Crippen molar-refractivity contribution >= 4 is 29.2 Å². The fourth-order valence-corrected chi connectivity index (χ4v) is 2.37. The predicted molar refractivity (Wildman–Crippen MR) is 94.9 cm³/mol. The number of amides is 1. The molecular weight excluding hydrogens is 346 g/mol. The van der Waals surface area contributed by atoms with E-state index in [0.29, 0.717) is 22.7 Å². The summed E-state index contributed by atoms with van der Waals surface area (Å²) in [7, 11) is 3.01.